The highest BCUT2D eigenvalue weighted by atomic mass is 16.6. The Balaban J connectivity index is 1.50. The van der Waals surface area contributed by atoms with Gasteiger partial charge in [-0.1, -0.05) is 36.8 Å². The van der Waals surface area contributed by atoms with Gasteiger partial charge in [0.2, 0.25) is 0 Å². The lowest BCUT2D eigenvalue weighted by molar-refractivity contribution is 0.0889. The van der Waals surface area contributed by atoms with Crippen LogP contribution in [0.1, 0.15) is 31.2 Å². The fourth-order valence-electron chi connectivity index (χ4n) is 2.99. The Hall–Kier alpha value is -1.51. The summed E-state index contributed by atoms with van der Waals surface area (Å²) in [7, 11) is 0. The summed E-state index contributed by atoms with van der Waals surface area (Å²) in [5, 5.41) is 0. The molecule has 1 spiro atoms. The SMILES string of the molecule is O=C(OCc1ccccc1)N1CCC2(CCC2)C1. The molecule has 0 N–H and O–H groups in total. The zero-order valence-corrected chi connectivity index (χ0v) is 10.6. The second-order valence-corrected chi connectivity index (χ2v) is 5.57. The van der Waals surface area contributed by atoms with Gasteiger partial charge in [-0.05, 0) is 30.2 Å². The van der Waals surface area contributed by atoms with Gasteiger partial charge in [0.15, 0.2) is 0 Å². The molecule has 1 saturated heterocycles. The van der Waals surface area contributed by atoms with Crippen LogP contribution in [0.5, 0.6) is 0 Å². The molecule has 1 aromatic rings. The summed E-state index contributed by atoms with van der Waals surface area (Å²) in [6, 6.07) is 9.84. The van der Waals surface area contributed by atoms with Crippen LogP contribution in [0.3, 0.4) is 0 Å². The molecule has 0 radical (unpaired) electrons. The monoisotopic (exact) mass is 245 g/mol. The van der Waals surface area contributed by atoms with Crippen LogP contribution in [0, 0.1) is 5.41 Å². The van der Waals surface area contributed by atoms with E-state index in [0.29, 0.717) is 12.0 Å². The van der Waals surface area contributed by atoms with Crippen LogP contribution in [-0.2, 0) is 11.3 Å². The first-order valence-corrected chi connectivity index (χ1v) is 6.73. The number of carbonyl (C=O) groups excluding carboxylic acids is 1. The second kappa shape index (κ2) is 4.63. The number of hydrogen-bond donors (Lipinski definition) is 0. The number of likely N-dealkylation sites (tertiary alicyclic amines) is 1. The zero-order chi connectivity index (χ0) is 12.4. The largest absolute Gasteiger partial charge is 0.445 e. The summed E-state index contributed by atoms with van der Waals surface area (Å²) in [5.74, 6) is 0. The standard InChI is InChI=1S/C15H19NO2/c17-14(18-11-13-5-2-1-3-6-13)16-10-9-15(12-16)7-4-8-15/h1-3,5-6H,4,7-12H2. The van der Waals surface area contributed by atoms with Gasteiger partial charge in [0.05, 0.1) is 0 Å². The predicted octanol–water partition coefficient (Wildman–Crippen LogP) is 3.20. The normalized spacial score (nSPS) is 20.8. The molecule has 1 amide bonds. The minimum Gasteiger partial charge on any atom is -0.445 e. The molecule has 1 aliphatic heterocycles. The van der Waals surface area contributed by atoms with Gasteiger partial charge in [0, 0.05) is 13.1 Å². The molecular formula is C15H19NO2. The van der Waals surface area contributed by atoms with Crippen molar-refractivity contribution in [3.05, 3.63) is 35.9 Å². The van der Waals surface area contributed by atoms with E-state index in [1.165, 1.54) is 19.3 Å². The number of ether oxygens (including phenoxy) is 1. The smallest absolute Gasteiger partial charge is 0.410 e. The first-order valence-electron chi connectivity index (χ1n) is 6.73. The molecule has 3 heteroatoms. The van der Waals surface area contributed by atoms with Crippen molar-refractivity contribution in [1.82, 2.24) is 4.90 Å². The molecule has 0 unspecified atom stereocenters. The van der Waals surface area contributed by atoms with Crippen molar-refractivity contribution >= 4 is 6.09 Å². The number of amides is 1. The third kappa shape index (κ3) is 2.22. The first kappa shape index (κ1) is 11.6. The molecule has 1 heterocycles. The lowest BCUT2D eigenvalue weighted by Crippen LogP contribution is -2.36. The highest BCUT2D eigenvalue weighted by Gasteiger charge is 2.44. The van der Waals surface area contributed by atoms with Gasteiger partial charge in [-0.3, -0.25) is 0 Å². The number of hydrogen-bond acceptors (Lipinski definition) is 2. The fourth-order valence-corrected chi connectivity index (χ4v) is 2.99. The molecular weight excluding hydrogens is 226 g/mol. The maximum Gasteiger partial charge on any atom is 0.410 e. The summed E-state index contributed by atoms with van der Waals surface area (Å²) in [5.41, 5.74) is 1.49. The molecule has 96 valence electrons. The van der Waals surface area contributed by atoms with Crippen molar-refractivity contribution in [3.8, 4) is 0 Å². The first-order chi connectivity index (χ1) is 8.77. The molecule has 0 aromatic heterocycles. The Bertz CT molecular complexity index is 425. The number of benzene rings is 1. The van der Waals surface area contributed by atoms with E-state index >= 15 is 0 Å². The van der Waals surface area contributed by atoms with Crippen LogP contribution >= 0.6 is 0 Å². The third-order valence-corrected chi connectivity index (χ3v) is 4.32. The van der Waals surface area contributed by atoms with Crippen molar-refractivity contribution < 1.29 is 9.53 Å². The van der Waals surface area contributed by atoms with Gasteiger partial charge in [-0.15, -0.1) is 0 Å². The average Bonchev–Trinajstić information content (AvgIpc) is 2.82. The van der Waals surface area contributed by atoms with Gasteiger partial charge in [-0.25, -0.2) is 4.79 Å². The lowest BCUT2D eigenvalue weighted by atomic mass is 9.68. The van der Waals surface area contributed by atoms with Crippen molar-refractivity contribution in [2.24, 2.45) is 5.41 Å². The summed E-state index contributed by atoms with van der Waals surface area (Å²) in [6.07, 6.45) is 4.91. The van der Waals surface area contributed by atoms with Crippen molar-refractivity contribution in [3.63, 3.8) is 0 Å². The van der Waals surface area contributed by atoms with E-state index in [1.807, 2.05) is 35.2 Å². The molecule has 3 rings (SSSR count). The minimum atomic E-state index is -0.150. The predicted molar refractivity (Wildman–Crippen MR) is 69.1 cm³/mol. The summed E-state index contributed by atoms with van der Waals surface area (Å²) in [4.78, 5) is 13.8. The van der Waals surface area contributed by atoms with E-state index < -0.39 is 0 Å². The highest BCUT2D eigenvalue weighted by Crippen LogP contribution is 2.47. The highest BCUT2D eigenvalue weighted by molar-refractivity contribution is 5.68. The minimum absolute atomic E-state index is 0.150. The van der Waals surface area contributed by atoms with Crippen LogP contribution in [0.25, 0.3) is 0 Å². The molecule has 1 aromatic carbocycles. The van der Waals surface area contributed by atoms with Gasteiger partial charge in [0.25, 0.3) is 0 Å². The van der Waals surface area contributed by atoms with E-state index in [9.17, 15) is 4.79 Å². The van der Waals surface area contributed by atoms with E-state index in [0.717, 1.165) is 25.1 Å². The Morgan fingerprint density at radius 2 is 2.00 bits per heavy atom. The van der Waals surface area contributed by atoms with Crippen molar-refractivity contribution in [2.45, 2.75) is 32.3 Å². The molecule has 0 bridgehead atoms. The maximum atomic E-state index is 12.0. The average molecular weight is 245 g/mol. The third-order valence-electron chi connectivity index (χ3n) is 4.32. The fraction of sp³-hybridized carbons (Fsp3) is 0.533. The van der Waals surface area contributed by atoms with Crippen molar-refractivity contribution in [2.75, 3.05) is 13.1 Å². The van der Waals surface area contributed by atoms with Crippen LogP contribution in [0.2, 0.25) is 0 Å². The quantitative estimate of drug-likeness (QED) is 0.800. The Labute approximate surface area is 108 Å². The molecule has 3 nitrogen and oxygen atoms in total. The maximum absolute atomic E-state index is 12.0. The van der Waals surface area contributed by atoms with Gasteiger partial charge >= 0.3 is 6.09 Å². The molecule has 2 fully saturated rings. The molecule has 0 atom stereocenters. The van der Waals surface area contributed by atoms with Crippen LogP contribution in [0.4, 0.5) is 4.79 Å². The van der Waals surface area contributed by atoms with E-state index in [1.54, 1.807) is 0 Å². The molecule has 2 aliphatic rings. The van der Waals surface area contributed by atoms with E-state index in [2.05, 4.69) is 0 Å². The van der Waals surface area contributed by atoms with Gasteiger partial charge in [0.1, 0.15) is 6.61 Å². The van der Waals surface area contributed by atoms with Crippen LogP contribution in [-0.4, -0.2) is 24.1 Å². The lowest BCUT2D eigenvalue weighted by Gasteiger charge is -2.37. The Morgan fingerprint density at radius 1 is 1.22 bits per heavy atom. The van der Waals surface area contributed by atoms with Gasteiger partial charge in [-0.2, -0.15) is 0 Å². The van der Waals surface area contributed by atoms with Gasteiger partial charge < -0.3 is 9.64 Å². The summed E-state index contributed by atoms with van der Waals surface area (Å²) in [6.45, 7) is 2.15. The molecule has 18 heavy (non-hydrogen) atoms. The van der Waals surface area contributed by atoms with Crippen LogP contribution < -0.4 is 0 Å². The van der Waals surface area contributed by atoms with E-state index in [-0.39, 0.29) is 6.09 Å². The zero-order valence-electron chi connectivity index (χ0n) is 10.6. The van der Waals surface area contributed by atoms with E-state index in [4.69, 9.17) is 4.74 Å². The second-order valence-electron chi connectivity index (χ2n) is 5.57. The summed E-state index contributed by atoms with van der Waals surface area (Å²) < 4.78 is 5.36. The Morgan fingerprint density at radius 3 is 2.61 bits per heavy atom. The Kier molecular flexibility index (Phi) is 2.98. The van der Waals surface area contributed by atoms with Crippen molar-refractivity contribution in [1.29, 1.82) is 0 Å². The number of nitrogens with zero attached hydrogens (tertiary/aromatic N) is 1. The molecule has 1 saturated carbocycles. The molecule has 1 aliphatic carbocycles. The summed E-state index contributed by atoms with van der Waals surface area (Å²) >= 11 is 0. The number of carbonyl (C=O) groups is 1. The van der Waals surface area contributed by atoms with Crippen LogP contribution in [0.15, 0.2) is 30.3 Å². The topological polar surface area (TPSA) is 29.5 Å². The number of rotatable bonds is 2.